The second-order valence-corrected chi connectivity index (χ2v) is 5.71. The molecule has 0 aliphatic heterocycles. The molecule has 21 heavy (non-hydrogen) atoms. The van der Waals surface area contributed by atoms with Gasteiger partial charge in [0.25, 0.3) is 5.91 Å². The fourth-order valence-electron chi connectivity index (χ4n) is 2.65. The van der Waals surface area contributed by atoms with E-state index in [1.165, 1.54) is 0 Å². The minimum atomic E-state index is -0.101. The molecule has 0 aliphatic rings. The van der Waals surface area contributed by atoms with Crippen LogP contribution in [0.2, 0.25) is 0 Å². The van der Waals surface area contributed by atoms with Crippen LogP contribution in [0.4, 0.5) is 0 Å². The van der Waals surface area contributed by atoms with Crippen LogP contribution >= 0.6 is 15.9 Å². The number of aliphatic hydroxyl groups is 1. The maximum absolute atomic E-state index is 12.9. The van der Waals surface area contributed by atoms with Crippen LogP contribution in [0.3, 0.4) is 0 Å². The molecule has 1 aromatic heterocycles. The SMILES string of the molecule is Cc1c(CO)c2ccccc2n1C(=O)c1ccccc1Br. The first-order valence-corrected chi connectivity index (χ1v) is 7.43. The summed E-state index contributed by atoms with van der Waals surface area (Å²) >= 11 is 3.42. The zero-order valence-electron chi connectivity index (χ0n) is 11.5. The molecule has 1 heterocycles. The molecule has 0 fully saturated rings. The highest BCUT2D eigenvalue weighted by atomic mass is 79.9. The number of aliphatic hydroxyl groups excluding tert-OH is 1. The Morgan fingerprint density at radius 3 is 2.52 bits per heavy atom. The van der Waals surface area contributed by atoms with Crippen molar-refractivity contribution in [2.45, 2.75) is 13.5 Å². The number of carbonyl (C=O) groups excluding carboxylic acids is 1. The maximum atomic E-state index is 12.9. The lowest BCUT2D eigenvalue weighted by molar-refractivity contribution is 0.0962. The molecule has 0 atom stereocenters. The molecule has 3 nitrogen and oxygen atoms in total. The highest BCUT2D eigenvalue weighted by molar-refractivity contribution is 9.10. The normalized spacial score (nSPS) is 11.0. The Labute approximate surface area is 131 Å². The van der Waals surface area contributed by atoms with E-state index in [4.69, 9.17) is 0 Å². The summed E-state index contributed by atoms with van der Waals surface area (Å²) < 4.78 is 2.43. The minimum Gasteiger partial charge on any atom is -0.392 e. The Morgan fingerprint density at radius 2 is 1.81 bits per heavy atom. The van der Waals surface area contributed by atoms with Gasteiger partial charge in [0.15, 0.2) is 0 Å². The van der Waals surface area contributed by atoms with E-state index < -0.39 is 0 Å². The standard InChI is InChI=1S/C17H14BrNO2/c1-11-14(10-20)12-6-3-5-9-16(12)19(11)17(21)13-7-2-4-8-15(13)18/h2-9,20H,10H2,1H3. The second-order valence-electron chi connectivity index (χ2n) is 4.86. The smallest absolute Gasteiger partial charge is 0.263 e. The fraction of sp³-hybridized carbons (Fsp3) is 0.118. The van der Waals surface area contributed by atoms with E-state index in [1.807, 2.05) is 49.4 Å². The van der Waals surface area contributed by atoms with E-state index in [2.05, 4.69) is 15.9 Å². The number of fused-ring (bicyclic) bond motifs is 1. The summed E-state index contributed by atoms with van der Waals surface area (Å²) in [4.78, 5) is 12.9. The Hall–Kier alpha value is -1.91. The van der Waals surface area contributed by atoms with Crippen LogP contribution in [0, 0.1) is 6.92 Å². The van der Waals surface area contributed by atoms with Gasteiger partial charge < -0.3 is 5.11 Å². The van der Waals surface area contributed by atoms with Crippen LogP contribution < -0.4 is 0 Å². The summed E-state index contributed by atoms with van der Waals surface area (Å²) in [7, 11) is 0. The van der Waals surface area contributed by atoms with Gasteiger partial charge >= 0.3 is 0 Å². The highest BCUT2D eigenvalue weighted by Gasteiger charge is 2.20. The van der Waals surface area contributed by atoms with E-state index in [9.17, 15) is 9.90 Å². The molecule has 2 aromatic carbocycles. The summed E-state index contributed by atoms with van der Waals surface area (Å²) in [5.41, 5.74) is 3.00. The zero-order valence-corrected chi connectivity index (χ0v) is 13.1. The number of rotatable bonds is 2. The predicted molar refractivity (Wildman–Crippen MR) is 86.5 cm³/mol. The summed E-state index contributed by atoms with van der Waals surface area (Å²) in [6.07, 6.45) is 0. The summed E-state index contributed by atoms with van der Waals surface area (Å²) in [6.45, 7) is 1.78. The van der Waals surface area contributed by atoms with Crippen LogP contribution in [0.5, 0.6) is 0 Å². The van der Waals surface area contributed by atoms with Gasteiger partial charge in [-0.1, -0.05) is 30.3 Å². The zero-order chi connectivity index (χ0) is 15.0. The lowest BCUT2D eigenvalue weighted by Crippen LogP contribution is -2.14. The van der Waals surface area contributed by atoms with Crippen molar-refractivity contribution in [2.75, 3.05) is 0 Å². The van der Waals surface area contributed by atoms with Gasteiger partial charge in [-0.05, 0) is 41.1 Å². The highest BCUT2D eigenvalue weighted by Crippen LogP contribution is 2.28. The summed E-state index contributed by atoms with van der Waals surface area (Å²) in [6, 6.07) is 15.0. The number of nitrogens with zero attached hydrogens (tertiary/aromatic N) is 1. The van der Waals surface area contributed by atoms with Crippen molar-refractivity contribution in [1.82, 2.24) is 4.57 Å². The molecular weight excluding hydrogens is 330 g/mol. The lowest BCUT2D eigenvalue weighted by Gasteiger charge is -2.08. The number of benzene rings is 2. The van der Waals surface area contributed by atoms with Crippen molar-refractivity contribution < 1.29 is 9.90 Å². The van der Waals surface area contributed by atoms with Gasteiger partial charge in [-0.3, -0.25) is 9.36 Å². The second kappa shape index (κ2) is 5.47. The molecule has 0 radical (unpaired) electrons. The molecule has 0 spiro atoms. The molecule has 0 amide bonds. The van der Waals surface area contributed by atoms with Crippen LogP contribution in [0.15, 0.2) is 53.0 Å². The van der Waals surface area contributed by atoms with E-state index in [1.54, 1.807) is 10.6 Å². The number of para-hydroxylation sites is 1. The van der Waals surface area contributed by atoms with Crippen molar-refractivity contribution in [3.8, 4) is 0 Å². The number of carbonyl (C=O) groups is 1. The van der Waals surface area contributed by atoms with Crippen molar-refractivity contribution >= 4 is 32.7 Å². The van der Waals surface area contributed by atoms with Gasteiger partial charge in [0, 0.05) is 21.1 Å². The van der Waals surface area contributed by atoms with Crippen LogP contribution in [-0.4, -0.2) is 15.6 Å². The topological polar surface area (TPSA) is 42.2 Å². The van der Waals surface area contributed by atoms with Crippen LogP contribution in [0.1, 0.15) is 21.6 Å². The first-order valence-electron chi connectivity index (χ1n) is 6.64. The average Bonchev–Trinajstić information content (AvgIpc) is 2.78. The first kappa shape index (κ1) is 14.0. The largest absolute Gasteiger partial charge is 0.392 e. The minimum absolute atomic E-state index is 0.0808. The Kier molecular flexibility index (Phi) is 3.66. The third-order valence-corrected chi connectivity index (χ3v) is 4.40. The monoisotopic (exact) mass is 343 g/mol. The average molecular weight is 344 g/mol. The molecule has 1 N–H and O–H groups in total. The first-order chi connectivity index (χ1) is 10.1. The maximum Gasteiger partial charge on any atom is 0.263 e. The molecule has 106 valence electrons. The summed E-state index contributed by atoms with van der Waals surface area (Å²) in [5.74, 6) is -0.101. The molecule has 0 saturated heterocycles. The Bertz CT molecular complexity index is 836. The van der Waals surface area contributed by atoms with Crippen molar-refractivity contribution in [1.29, 1.82) is 0 Å². The van der Waals surface area contributed by atoms with Crippen LogP contribution in [0.25, 0.3) is 10.9 Å². The van der Waals surface area contributed by atoms with Gasteiger partial charge in [0.05, 0.1) is 17.7 Å². The molecule has 0 bridgehead atoms. The van der Waals surface area contributed by atoms with Gasteiger partial charge in [-0.2, -0.15) is 0 Å². The van der Waals surface area contributed by atoms with Gasteiger partial charge in [0.2, 0.25) is 0 Å². The molecule has 4 heteroatoms. The van der Waals surface area contributed by atoms with E-state index in [0.29, 0.717) is 5.56 Å². The van der Waals surface area contributed by atoms with E-state index >= 15 is 0 Å². The Morgan fingerprint density at radius 1 is 1.14 bits per heavy atom. The van der Waals surface area contributed by atoms with Gasteiger partial charge in [-0.15, -0.1) is 0 Å². The van der Waals surface area contributed by atoms with Gasteiger partial charge in [0.1, 0.15) is 0 Å². The molecule has 0 saturated carbocycles. The number of aromatic nitrogens is 1. The van der Waals surface area contributed by atoms with Gasteiger partial charge in [-0.25, -0.2) is 0 Å². The van der Waals surface area contributed by atoms with Crippen molar-refractivity contribution in [3.63, 3.8) is 0 Å². The van der Waals surface area contributed by atoms with E-state index in [-0.39, 0.29) is 12.5 Å². The number of hydrogen-bond donors (Lipinski definition) is 1. The third kappa shape index (κ3) is 2.20. The molecule has 0 unspecified atom stereocenters. The predicted octanol–water partition coefficient (Wildman–Crippen LogP) is 3.89. The van der Waals surface area contributed by atoms with E-state index in [0.717, 1.165) is 26.6 Å². The molecule has 0 aliphatic carbocycles. The number of hydrogen-bond acceptors (Lipinski definition) is 2. The van der Waals surface area contributed by atoms with Crippen molar-refractivity contribution in [2.24, 2.45) is 0 Å². The molecule has 3 rings (SSSR count). The quantitative estimate of drug-likeness (QED) is 0.766. The fourth-order valence-corrected chi connectivity index (χ4v) is 3.11. The number of halogens is 1. The van der Waals surface area contributed by atoms with Crippen molar-refractivity contribution in [3.05, 3.63) is 69.8 Å². The lowest BCUT2D eigenvalue weighted by atomic mass is 10.1. The molecule has 3 aromatic rings. The Balaban J connectivity index is 2.28. The van der Waals surface area contributed by atoms with Crippen LogP contribution in [-0.2, 0) is 6.61 Å². The molecular formula is C17H14BrNO2. The summed E-state index contributed by atoms with van der Waals surface area (Å²) in [5, 5.41) is 10.5. The third-order valence-electron chi connectivity index (χ3n) is 3.71.